The van der Waals surface area contributed by atoms with Crippen molar-refractivity contribution < 1.29 is 4.79 Å². The van der Waals surface area contributed by atoms with Crippen molar-refractivity contribution in [1.29, 1.82) is 0 Å². The van der Waals surface area contributed by atoms with Gasteiger partial charge in [-0.1, -0.05) is 25.7 Å². The van der Waals surface area contributed by atoms with Gasteiger partial charge in [0.05, 0.1) is 6.54 Å². The van der Waals surface area contributed by atoms with Crippen LogP contribution in [0.25, 0.3) is 0 Å². The highest BCUT2D eigenvalue weighted by Gasteiger charge is 2.10. The maximum atomic E-state index is 11.8. The molecule has 0 saturated carbocycles. The van der Waals surface area contributed by atoms with Crippen LogP contribution in [0, 0.1) is 12.3 Å². The molecule has 0 aliphatic heterocycles. The molecule has 0 atom stereocenters. The lowest BCUT2D eigenvalue weighted by atomic mass is 10.1. The molecule has 0 heterocycles. The van der Waals surface area contributed by atoms with Crippen LogP contribution in [0.3, 0.4) is 0 Å². The van der Waals surface area contributed by atoms with Gasteiger partial charge >= 0.3 is 0 Å². The Morgan fingerprint density at radius 1 is 1.31 bits per heavy atom. The van der Waals surface area contributed by atoms with E-state index in [-0.39, 0.29) is 5.91 Å². The standard InChI is InChI=1S/C13H24N2O/c1-3-11-15(12-4-2)13(16)9-7-5-6-8-10-14/h1H,4-12,14H2,2H3. The monoisotopic (exact) mass is 224 g/mol. The fraction of sp³-hybridized carbons (Fsp3) is 0.769. The Hall–Kier alpha value is -1.01. The van der Waals surface area contributed by atoms with Crippen LogP contribution in [0.5, 0.6) is 0 Å². The molecule has 2 N–H and O–H groups in total. The molecule has 0 aromatic heterocycles. The molecule has 92 valence electrons. The Labute approximate surface area is 99.4 Å². The number of carbonyl (C=O) groups is 1. The molecule has 3 heteroatoms. The van der Waals surface area contributed by atoms with Gasteiger partial charge in [0.25, 0.3) is 0 Å². The minimum atomic E-state index is 0.188. The van der Waals surface area contributed by atoms with Crippen LogP contribution >= 0.6 is 0 Å². The van der Waals surface area contributed by atoms with E-state index in [1.807, 2.05) is 0 Å². The molecule has 3 nitrogen and oxygen atoms in total. The Bertz CT molecular complexity index is 220. The van der Waals surface area contributed by atoms with Crippen LogP contribution in [0.2, 0.25) is 0 Å². The number of unbranched alkanes of at least 4 members (excludes halogenated alkanes) is 3. The van der Waals surface area contributed by atoms with Crippen molar-refractivity contribution in [3.8, 4) is 12.3 Å². The first-order valence-corrected chi connectivity index (χ1v) is 6.17. The average molecular weight is 224 g/mol. The van der Waals surface area contributed by atoms with Gasteiger partial charge in [-0.15, -0.1) is 6.42 Å². The lowest BCUT2D eigenvalue weighted by molar-refractivity contribution is -0.130. The molecule has 0 aromatic carbocycles. The minimum absolute atomic E-state index is 0.188. The highest BCUT2D eigenvalue weighted by molar-refractivity contribution is 5.76. The van der Waals surface area contributed by atoms with Crippen molar-refractivity contribution in [3.05, 3.63) is 0 Å². The van der Waals surface area contributed by atoms with Crippen molar-refractivity contribution in [2.24, 2.45) is 5.73 Å². The zero-order chi connectivity index (χ0) is 12.2. The van der Waals surface area contributed by atoms with Gasteiger partial charge in [-0.05, 0) is 25.8 Å². The van der Waals surface area contributed by atoms with Gasteiger partial charge in [-0.2, -0.15) is 0 Å². The average Bonchev–Trinajstić information content (AvgIpc) is 2.28. The summed E-state index contributed by atoms with van der Waals surface area (Å²) in [7, 11) is 0. The zero-order valence-corrected chi connectivity index (χ0v) is 10.4. The molecule has 0 spiro atoms. The number of amides is 1. The quantitative estimate of drug-likeness (QED) is 0.479. The molecule has 16 heavy (non-hydrogen) atoms. The van der Waals surface area contributed by atoms with E-state index in [9.17, 15) is 4.79 Å². The van der Waals surface area contributed by atoms with Crippen LogP contribution in [0.15, 0.2) is 0 Å². The summed E-state index contributed by atoms with van der Waals surface area (Å²) in [5.41, 5.74) is 5.40. The van der Waals surface area contributed by atoms with E-state index < -0.39 is 0 Å². The van der Waals surface area contributed by atoms with E-state index in [1.54, 1.807) is 4.90 Å². The van der Waals surface area contributed by atoms with Crippen molar-refractivity contribution in [2.45, 2.75) is 45.4 Å². The largest absolute Gasteiger partial charge is 0.332 e. The van der Waals surface area contributed by atoms with Crippen LogP contribution in [0.4, 0.5) is 0 Å². The number of terminal acetylenes is 1. The van der Waals surface area contributed by atoms with E-state index in [2.05, 4.69) is 12.8 Å². The summed E-state index contributed by atoms with van der Waals surface area (Å²) in [5.74, 6) is 2.72. The third-order valence-electron chi connectivity index (χ3n) is 2.47. The molecule has 0 aliphatic carbocycles. The number of hydrogen-bond donors (Lipinski definition) is 1. The SMILES string of the molecule is C#CCN(CCC)C(=O)CCCCCCN. The number of carbonyl (C=O) groups excluding carboxylic acids is 1. The van der Waals surface area contributed by atoms with Crippen molar-refractivity contribution in [3.63, 3.8) is 0 Å². The van der Waals surface area contributed by atoms with E-state index >= 15 is 0 Å². The van der Waals surface area contributed by atoms with E-state index in [1.165, 1.54) is 0 Å². The first kappa shape index (κ1) is 15.0. The first-order valence-electron chi connectivity index (χ1n) is 6.17. The van der Waals surface area contributed by atoms with Crippen LogP contribution in [0.1, 0.15) is 45.4 Å². The molecule has 0 fully saturated rings. The summed E-state index contributed by atoms with van der Waals surface area (Å²) >= 11 is 0. The number of rotatable bonds is 9. The van der Waals surface area contributed by atoms with Crippen molar-refractivity contribution in [2.75, 3.05) is 19.6 Å². The Morgan fingerprint density at radius 3 is 2.56 bits per heavy atom. The topological polar surface area (TPSA) is 46.3 Å². The van der Waals surface area contributed by atoms with Gasteiger partial charge in [0.2, 0.25) is 5.91 Å². The molecule has 0 radical (unpaired) electrons. The minimum Gasteiger partial charge on any atom is -0.332 e. The summed E-state index contributed by atoms with van der Waals surface area (Å²) in [4.78, 5) is 13.5. The normalized spacial score (nSPS) is 9.81. The summed E-state index contributed by atoms with van der Waals surface area (Å²) in [5, 5.41) is 0. The lowest BCUT2D eigenvalue weighted by Crippen LogP contribution is -2.31. The van der Waals surface area contributed by atoms with Gasteiger partial charge < -0.3 is 10.6 Å². The highest BCUT2D eigenvalue weighted by Crippen LogP contribution is 2.05. The molecule has 0 rings (SSSR count). The van der Waals surface area contributed by atoms with Crippen LogP contribution in [-0.2, 0) is 4.79 Å². The summed E-state index contributed by atoms with van der Waals surface area (Å²) in [6.45, 7) is 4.01. The summed E-state index contributed by atoms with van der Waals surface area (Å²) < 4.78 is 0. The second kappa shape index (κ2) is 10.5. The molecular weight excluding hydrogens is 200 g/mol. The zero-order valence-electron chi connectivity index (χ0n) is 10.4. The summed E-state index contributed by atoms with van der Waals surface area (Å²) in [6, 6.07) is 0. The smallest absolute Gasteiger partial charge is 0.223 e. The second-order valence-electron chi connectivity index (χ2n) is 3.97. The van der Waals surface area contributed by atoms with Gasteiger partial charge in [0.1, 0.15) is 0 Å². The first-order chi connectivity index (χ1) is 7.76. The van der Waals surface area contributed by atoms with E-state index in [4.69, 9.17) is 12.2 Å². The predicted octanol–water partition coefficient (Wildman–Crippen LogP) is 1.77. The van der Waals surface area contributed by atoms with Crippen LogP contribution < -0.4 is 5.73 Å². The van der Waals surface area contributed by atoms with Crippen molar-refractivity contribution >= 4 is 5.91 Å². The molecule has 0 unspecified atom stereocenters. The fourth-order valence-corrected chi connectivity index (χ4v) is 1.60. The third-order valence-corrected chi connectivity index (χ3v) is 2.47. The number of hydrogen-bond acceptors (Lipinski definition) is 2. The maximum Gasteiger partial charge on any atom is 0.223 e. The predicted molar refractivity (Wildman–Crippen MR) is 67.8 cm³/mol. The summed E-state index contributed by atoms with van der Waals surface area (Å²) in [6.07, 6.45) is 11.0. The lowest BCUT2D eigenvalue weighted by Gasteiger charge is -2.19. The number of nitrogens with zero attached hydrogens (tertiary/aromatic N) is 1. The van der Waals surface area contributed by atoms with Crippen LogP contribution in [-0.4, -0.2) is 30.4 Å². The Kier molecular flexibility index (Phi) is 9.84. The molecule has 1 amide bonds. The Morgan fingerprint density at radius 2 is 2.00 bits per heavy atom. The molecule has 0 aromatic rings. The fourth-order valence-electron chi connectivity index (χ4n) is 1.60. The molecule has 0 aliphatic rings. The van der Waals surface area contributed by atoms with Gasteiger partial charge in [0, 0.05) is 13.0 Å². The second-order valence-corrected chi connectivity index (χ2v) is 3.97. The van der Waals surface area contributed by atoms with E-state index in [0.717, 1.165) is 45.2 Å². The maximum absolute atomic E-state index is 11.8. The van der Waals surface area contributed by atoms with E-state index in [0.29, 0.717) is 13.0 Å². The van der Waals surface area contributed by atoms with Gasteiger partial charge in [0.15, 0.2) is 0 Å². The molecule has 0 saturated heterocycles. The third kappa shape index (κ3) is 7.30. The number of nitrogens with two attached hydrogens (primary N) is 1. The Balaban J connectivity index is 3.70. The van der Waals surface area contributed by atoms with Crippen molar-refractivity contribution in [1.82, 2.24) is 4.90 Å². The van der Waals surface area contributed by atoms with Gasteiger partial charge in [-0.3, -0.25) is 4.79 Å². The molecular formula is C13H24N2O. The molecule has 0 bridgehead atoms. The highest BCUT2D eigenvalue weighted by atomic mass is 16.2. The van der Waals surface area contributed by atoms with Gasteiger partial charge in [-0.25, -0.2) is 0 Å².